The fourth-order valence-electron chi connectivity index (χ4n) is 7.80. The first-order valence-corrected chi connectivity index (χ1v) is 22.9. The number of hydrogen-bond acceptors (Lipinski definition) is 10. The summed E-state index contributed by atoms with van der Waals surface area (Å²) < 4.78 is 33.0. The average Bonchev–Trinajstić information content (AvgIpc) is 3.83. The fourth-order valence-corrected chi connectivity index (χ4v) is 9.14. The summed E-state index contributed by atoms with van der Waals surface area (Å²) >= 11 is 0. The molecule has 3 aromatic heterocycles. The van der Waals surface area contributed by atoms with Gasteiger partial charge in [-0.15, -0.1) is 5.10 Å². The zero-order valence-electron chi connectivity index (χ0n) is 34.7. The van der Waals surface area contributed by atoms with E-state index in [0.29, 0.717) is 28.3 Å². The number of para-hydroxylation sites is 2. The molecule has 3 aromatic carbocycles. The molecule has 4 atom stereocenters. The first kappa shape index (κ1) is 40.8. The van der Waals surface area contributed by atoms with Crippen LogP contribution in [0.3, 0.4) is 0 Å². The molecule has 2 aliphatic rings. The van der Waals surface area contributed by atoms with Crippen LogP contribution in [0.25, 0.3) is 0 Å². The number of H-pyrrole nitrogens is 2. The van der Waals surface area contributed by atoms with Crippen LogP contribution in [0.4, 0.5) is 0 Å². The van der Waals surface area contributed by atoms with Crippen molar-refractivity contribution in [3.63, 3.8) is 0 Å². The Balaban J connectivity index is 1.30. The molecule has 5 heterocycles. The molecule has 8 rings (SSSR count). The van der Waals surface area contributed by atoms with Gasteiger partial charge in [0.05, 0.1) is 25.4 Å². The molecule has 0 aliphatic carbocycles. The van der Waals surface area contributed by atoms with Gasteiger partial charge < -0.3 is 18.6 Å². The highest BCUT2D eigenvalue weighted by Crippen LogP contribution is 2.54. The molecule has 2 aliphatic heterocycles. The molecule has 0 amide bonds. The van der Waals surface area contributed by atoms with E-state index < -0.39 is 61.0 Å². The topological polar surface area (TPSA) is 177 Å². The molecule has 0 radical (unpaired) electrons. The van der Waals surface area contributed by atoms with Gasteiger partial charge in [-0.25, -0.2) is 14.3 Å². The van der Waals surface area contributed by atoms with Gasteiger partial charge in [0.15, 0.2) is 13.9 Å². The standard InChI is InChI=1S/C44H49N7O8Si/c1-27-22-49(41(54)45-39(27)52)24-30-25-50(48-47-30)26-36(38-35(59-60(6,7)43(3,4)5)21-37(57-38)51-23-28(2)40(53)46-42(51)55)58-44(29-15-9-8-10-16-29)31-17-11-13-19-33(31)56-34-20-14-12-18-32(34)44/h8-20,22-23,25,35-38H,21,24,26H2,1-7H3,(H,45,52,54)(H,46,53,55)/t35-,36-,37+,38-/m0/s1. The highest BCUT2D eigenvalue weighted by molar-refractivity contribution is 6.74. The van der Waals surface area contributed by atoms with E-state index in [1.165, 1.54) is 21.5 Å². The predicted molar refractivity (Wildman–Crippen MR) is 226 cm³/mol. The van der Waals surface area contributed by atoms with Crippen LogP contribution >= 0.6 is 0 Å². The van der Waals surface area contributed by atoms with Crippen LogP contribution in [0, 0.1) is 13.8 Å². The second-order valence-electron chi connectivity index (χ2n) is 17.1. The number of ether oxygens (including phenoxy) is 3. The van der Waals surface area contributed by atoms with Gasteiger partial charge in [0.25, 0.3) is 11.1 Å². The number of nitrogens with zero attached hydrogens (tertiary/aromatic N) is 5. The quantitative estimate of drug-likeness (QED) is 0.159. The van der Waals surface area contributed by atoms with Gasteiger partial charge in [-0.2, -0.15) is 0 Å². The molecule has 0 bridgehead atoms. The highest BCUT2D eigenvalue weighted by atomic mass is 28.4. The van der Waals surface area contributed by atoms with E-state index in [2.05, 4.69) is 54.1 Å². The number of fused-ring (bicyclic) bond motifs is 2. The van der Waals surface area contributed by atoms with Gasteiger partial charge in [0.1, 0.15) is 35.6 Å². The molecule has 312 valence electrons. The lowest BCUT2D eigenvalue weighted by atomic mass is 9.77. The number of nitrogens with one attached hydrogen (secondary N) is 2. The molecule has 0 saturated carbocycles. The maximum absolute atomic E-state index is 13.4. The molecule has 0 unspecified atom stereocenters. The van der Waals surface area contributed by atoms with Crippen molar-refractivity contribution in [3.05, 3.63) is 173 Å². The van der Waals surface area contributed by atoms with Crippen LogP contribution in [0.5, 0.6) is 11.5 Å². The molecule has 16 heteroatoms. The van der Waals surface area contributed by atoms with Gasteiger partial charge in [0, 0.05) is 41.1 Å². The fraction of sp³-hybridized carbons (Fsp3) is 0.364. The minimum atomic E-state index is -2.51. The maximum atomic E-state index is 13.4. The Hall–Kier alpha value is -5.94. The second-order valence-corrected chi connectivity index (χ2v) is 21.9. The van der Waals surface area contributed by atoms with Crippen molar-refractivity contribution < 1.29 is 18.6 Å². The van der Waals surface area contributed by atoms with E-state index in [9.17, 15) is 19.2 Å². The maximum Gasteiger partial charge on any atom is 0.330 e. The minimum absolute atomic E-state index is 0.0572. The number of rotatable bonds is 11. The van der Waals surface area contributed by atoms with Gasteiger partial charge in [-0.1, -0.05) is 92.7 Å². The third-order valence-corrected chi connectivity index (χ3v) is 16.4. The molecule has 15 nitrogen and oxygen atoms in total. The minimum Gasteiger partial charge on any atom is -0.457 e. The van der Waals surface area contributed by atoms with Crippen LogP contribution < -0.4 is 27.2 Å². The number of benzene rings is 3. The van der Waals surface area contributed by atoms with Crippen LogP contribution in [0.1, 0.15) is 66.9 Å². The van der Waals surface area contributed by atoms with E-state index in [1.807, 2.05) is 78.9 Å². The monoisotopic (exact) mass is 831 g/mol. The zero-order chi connectivity index (χ0) is 42.6. The summed E-state index contributed by atoms with van der Waals surface area (Å²) in [5, 5.41) is 8.76. The Bertz CT molecular complexity index is 2740. The predicted octanol–water partition coefficient (Wildman–Crippen LogP) is 5.50. The number of aryl methyl sites for hydroxylation is 2. The smallest absolute Gasteiger partial charge is 0.330 e. The Morgan fingerprint density at radius 2 is 1.43 bits per heavy atom. The SMILES string of the molecule is Cc1cn(Cc2cn(C[C@H](OC3(c4ccccc4)c4ccccc4Oc4ccccc43)[C@H]3O[C@@H](n4cc(C)c(=O)[nH]c4=O)C[C@@H]3O[Si](C)(C)C(C)(C)C)nn2)c(=O)[nH]c1=O. The average molecular weight is 832 g/mol. The molecule has 0 spiro atoms. The Labute approximate surface area is 346 Å². The van der Waals surface area contributed by atoms with Crippen molar-refractivity contribution in [2.24, 2.45) is 0 Å². The lowest BCUT2D eigenvalue weighted by molar-refractivity contribution is -0.150. The first-order valence-electron chi connectivity index (χ1n) is 20.0. The summed E-state index contributed by atoms with van der Waals surface area (Å²) in [7, 11) is -2.51. The van der Waals surface area contributed by atoms with Gasteiger partial charge in [0.2, 0.25) is 0 Å². The number of aromatic amines is 2. The van der Waals surface area contributed by atoms with Crippen molar-refractivity contribution in [1.29, 1.82) is 0 Å². The van der Waals surface area contributed by atoms with Crippen molar-refractivity contribution in [3.8, 4) is 11.5 Å². The van der Waals surface area contributed by atoms with Crippen LogP contribution in [-0.4, -0.2) is 60.7 Å². The summed E-state index contributed by atoms with van der Waals surface area (Å²) in [5.41, 5.74) is 0.273. The molecule has 6 aromatic rings. The molecule has 60 heavy (non-hydrogen) atoms. The molecular weight excluding hydrogens is 783 g/mol. The second kappa shape index (κ2) is 15.6. The van der Waals surface area contributed by atoms with Crippen LogP contribution in [0.15, 0.2) is 117 Å². The summed E-state index contributed by atoms with van der Waals surface area (Å²) in [6.45, 7) is 14.3. The number of aromatic nitrogens is 7. The van der Waals surface area contributed by atoms with E-state index in [4.69, 9.17) is 18.6 Å². The van der Waals surface area contributed by atoms with Crippen molar-refractivity contribution in [2.75, 3.05) is 0 Å². The van der Waals surface area contributed by atoms with Crippen molar-refractivity contribution in [1.82, 2.24) is 34.1 Å². The summed E-state index contributed by atoms with van der Waals surface area (Å²) in [5.74, 6) is 1.25. The van der Waals surface area contributed by atoms with Crippen molar-refractivity contribution in [2.45, 2.75) is 102 Å². The van der Waals surface area contributed by atoms with E-state index in [1.54, 1.807) is 24.7 Å². The summed E-state index contributed by atoms with van der Waals surface area (Å²) in [6.07, 6.45) is 1.98. The third kappa shape index (κ3) is 7.55. The number of hydrogen-bond donors (Lipinski definition) is 2. The zero-order valence-corrected chi connectivity index (χ0v) is 35.7. The first-order chi connectivity index (χ1) is 28.5. The van der Waals surface area contributed by atoms with Crippen LogP contribution in [0.2, 0.25) is 18.1 Å². The third-order valence-electron chi connectivity index (χ3n) is 11.9. The lowest BCUT2D eigenvalue weighted by Crippen LogP contribution is -2.51. The van der Waals surface area contributed by atoms with Crippen LogP contribution in [-0.2, 0) is 32.6 Å². The Morgan fingerprint density at radius 3 is 2.08 bits per heavy atom. The summed E-state index contributed by atoms with van der Waals surface area (Å²) in [6, 6.07) is 25.5. The van der Waals surface area contributed by atoms with Gasteiger partial charge in [-0.3, -0.25) is 28.7 Å². The highest BCUT2D eigenvalue weighted by Gasteiger charge is 2.53. The van der Waals surface area contributed by atoms with E-state index in [-0.39, 0.29) is 24.5 Å². The van der Waals surface area contributed by atoms with Gasteiger partial charge in [-0.05, 0) is 49.7 Å². The lowest BCUT2D eigenvalue weighted by Gasteiger charge is -2.45. The largest absolute Gasteiger partial charge is 0.457 e. The molecule has 1 fully saturated rings. The normalized spacial score (nSPS) is 19.0. The molecule has 1 saturated heterocycles. The van der Waals surface area contributed by atoms with E-state index >= 15 is 0 Å². The molecular formula is C44H49N7O8Si. The van der Waals surface area contributed by atoms with Crippen molar-refractivity contribution >= 4 is 8.32 Å². The Kier molecular flexibility index (Phi) is 10.6. The summed E-state index contributed by atoms with van der Waals surface area (Å²) in [4.78, 5) is 55.5. The Morgan fingerprint density at radius 1 is 0.833 bits per heavy atom. The molecule has 2 N–H and O–H groups in total. The van der Waals surface area contributed by atoms with E-state index in [0.717, 1.165) is 16.7 Å². The van der Waals surface area contributed by atoms with Gasteiger partial charge >= 0.3 is 11.4 Å².